The van der Waals surface area contributed by atoms with Gasteiger partial charge in [-0.3, -0.25) is 4.79 Å². The van der Waals surface area contributed by atoms with Gasteiger partial charge in [-0.15, -0.1) is 0 Å². The molecule has 2 N–H and O–H groups in total. The summed E-state index contributed by atoms with van der Waals surface area (Å²) in [5.74, 6) is -0.0546. The number of carbonyl (C=O) groups is 1. The lowest BCUT2D eigenvalue weighted by atomic mass is 10.0. The molecule has 0 radical (unpaired) electrons. The minimum atomic E-state index is -0.558. The van der Waals surface area contributed by atoms with E-state index in [1.54, 1.807) is 12.1 Å². The van der Waals surface area contributed by atoms with Gasteiger partial charge in [0.05, 0.1) is 24.7 Å². The fraction of sp³-hybridized carbons (Fsp3) is 0.611. The molecule has 0 bridgehead atoms. The van der Waals surface area contributed by atoms with Crippen molar-refractivity contribution in [2.45, 2.75) is 51.2 Å². The molecule has 2 fully saturated rings. The van der Waals surface area contributed by atoms with E-state index < -0.39 is 11.9 Å². The van der Waals surface area contributed by atoms with Crippen molar-refractivity contribution in [3.63, 3.8) is 0 Å². The van der Waals surface area contributed by atoms with E-state index in [0.29, 0.717) is 30.9 Å². The van der Waals surface area contributed by atoms with Crippen LogP contribution in [0.5, 0.6) is 5.75 Å². The van der Waals surface area contributed by atoms with E-state index in [1.165, 1.54) is 6.07 Å². The molecule has 1 aromatic carbocycles. The largest absolute Gasteiger partial charge is 0.490 e. The minimum Gasteiger partial charge on any atom is -0.490 e. The molecule has 0 heterocycles. The maximum Gasteiger partial charge on any atom is 0.226 e. The van der Waals surface area contributed by atoms with Gasteiger partial charge in [-0.2, -0.15) is 0 Å². The number of carbonyl (C=O) groups excluding carboxylic acids is 1. The molecule has 2 saturated carbocycles. The predicted octanol–water partition coefficient (Wildman–Crippen LogP) is 2.95. The van der Waals surface area contributed by atoms with Gasteiger partial charge in [0.2, 0.25) is 5.91 Å². The van der Waals surface area contributed by atoms with E-state index in [2.05, 4.69) is 5.32 Å². The maximum absolute atomic E-state index is 14.1. The summed E-state index contributed by atoms with van der Waals surface area (Å²) in [5.41, 5.74) is 0.696. The monoisotopic (exact) mass is 321 g/mol. The first kappa shape index (κ1) is 16.2. The quantitative estimate of drug-likeness (QED) is 0.847. The van der Waals surface area contributed by atoms with Gasteiger partial charge in [-0.1, -0.05) is 6.07 Å². The number of halogens is 1. The Morgan fingerprint density at radius 2 is 2.17 bits per heavy atom. The molecular formula is C18H24FNO3. The number of hydrogen-bond donors (Lipinski definition) is 2. The number of benzene rings is 1. The number of hydrogen-bond acceptors (Lipinski definition) is 3. The Morgan fingerprint density at radius 1 is 1.39 bits per heavy atom. The van der Waals surface area contributed by atoms with E-state index in [9.17, 15) is 14.3 Å². The Bertz CT molecular complexity index is 573. The van der Waals surface area contributed by atoms with Crippen LogP contribution in [0, 0.1) is 17.7 Å². The minimum absolute atomic E-state index is 0.156. The number of aliphatic hydroxyl groups excluding tert-OH is 1. The van der Waals surface area contributed by atoms with Crippen LogP contribution in [0.2, 0.25) is 0 Å². The Kier molecular flexibility index (Phi) is 4.85. The molecule has 3 rings (SSSR count). The van der Waals surface area contributed by atoms with Gasteiger partial charge in [0.15, 0.2) is 11.6 Å². The lowest BCUT2D eigenvalue weighted by molar-refractivity contribution is -0.128. The average molecular weight is 321 g/mol. The SMILES string of the molecule is CC(NC(=O)C1CCCC1O)c1ccc(OCC2CC2)c(F)c1. The highest BCUT2D eigenvalue weighted by Gasteiger charge is 2.32. The van der Waals surface area contributed by atoms with Gasteiger partial charge in [-0.05, 0) is 62.6 Å². The standard InChI is InChI=1S/C18H24FNO3/c1-11(20-18(22)14-3-2-4-16(14)21)13-7-8-17(15(19)9-13)23-10-12-5-6-12/h7-9,11-12,14,16,21H,2-6,10H2,1H3,(H,20,22). The molecule has 126 valence electrons. The topological polar surface area (TPSA) is 58.6 Å². The van der Waals surface area contributed by atoms with Crippen molar-refractivity contribution in [2.24, 2.45) is 11.8 Å². The molecule has 2 aliphatic carbocycles. The summed E-state index contributed by atoms with van der Waals surface area (Å²) in [7, 11) is 0. The summed E-state index contributed by atoms with van der Waals surface area (Å²) in [6.07, 6.45) is 4.02. The van der Waals surface area contributed by atoms with Crippen LogP contribution in [0.15, 0.2) is 18.2 Å². The molecule has 0 spiro atoms. The fourth-order valence-electron chi connectivity index (χ4n) is 3.05. The lowest BCUT2D eigenvalue weighted by Gasteiger charge is -2.20. The zero-order chi connectivity index (χ0) is 16.4. The summed E-state index contributed by atoms with van der Waals surface area (Å²) in [5, 5.41) is 12.7. The van der Waals surface area contributed by atoms with Crippen LogP contribution in [0.4, 0.5) is 4.39 Å². The first-order valence-electron chi connectivity index (χ1n) is 8.45. The smallest absolute Gasteiger partial charge is 0.226 e. The van der Waals surface area contributed by atoms with Crippen molar-refractivity contribution >= 4 is 5.91 Å². The van der Waals surface area contributed by atoms with Crippen molar-refractivity contribution in [3.05, 3.63) is 29.6 Å². The molecule has 0 aromatic heterocycles. The van der Waals surface area contributed by atoms with E-state index in [-0.39, 0.29) is 23.6 Å². The molecule has 1 amide bonds. The van der Waals surface area contributed by atoms with Crippen LogP contribution in [0.3, 0.4) is 0 Å². The van der Waals surface area contributed by atoms with Gasteiger partial charge in [0, 0.05) is 0 Å². The van der Waals surface area contributed by atoms with Gasteiger partial charge in [0.25, 0.3) is 0 Å². The van der Waals surface area contributed by atoms with Crippen LogP contribution < -0.4 is 10.1 Å². The first-order valence-corrected chi connectivity index (χ1v) is 8.45. The highest BCUT2D eigenvalue weighted by molar-refractivity contribution is 5.80. The molecule has 3 unspecified atom stereocenters. The van der Waals surface area contributed by atoms with E-state index >= 15 is 0 Å². The van der Waals surface area contributed by atoms with Crippen molar-refractivity contribution in [1.82, 2.24) is 5.32 Å². The Labute approximate surface area is 136 Å². The number of rotatable bonds is 6. The Hall–Kier alpha value is -1.62. The van der Waals surface area contributed by atoms with E-state index in [1.807, 2.05) is 6.92 Å². The summed E-state index contributed by atoms with van der Waals surface area (Å²) in [6.45, 7) is 2.39. The highest BCUT2D eigenvalue weighted by atomic mass is 19.1. The second-order valence-electron chi connectivity index (χ2n) is 6.78. The average Bonchev–Trinajstić information content (AvgIpc) is 3.25. The van der Waals surface area contributed by atoms with Crippen LogP contribution >= 0.6 is 0 Å². The molecule has 4 nitrogen and oxygen atoms in total. The third kappa shape index (κ3) is 4.02. The molecule has 3 atom stereocenters. The zero-order valence-electron chi connectivity index (χ0n) is 13.4. The van der Waals surface area contributed by atoms with Crippen molar-refractivity contribution in [1.29, 1.82) is 0 Å². The van der Waals surface area contributed by atoms with Crippen LogP contribution in [-0.4, -0.2) is 23.7 Å². The van der Waals surface area contributed by atoms with Gasteiger partial charge < -0.3 is 15.2 Å². The molecular weight excluding hydrogens is 297 g/mol. The first-order chi connectivity index (χ1) is 11.0. The predicted molar refractivity (Wildman–Crippen MR) is 84.5 cm³/mol. The number of ether oxygens (including phenoxy) is 1. The lowest BCUT2D eigenvalue weighted by Crippen LogP contribution is -2.36. The van der Waals surface area contributed by atoms with E-state index in [0.717, 1.165) is 19.3 Å². The molecule has 0 aliphatic heterocycles. The van der Waals surface area contributed by atoms with Gasteiger partial charge in [0.1, 0.15) is 0 Å². The van der Waals surface area contributed by atoms with Crippen LogP contribution in [0.25, 0.3) is 0 Å². The van der Waals surface area contributed by atoms with E-state index in [4.69, 9.17) is 4.74 Å². The number of aliphatic hydroxyl groups is 1. The van der Waals surface area contributed by atoms with Crippen molar-refractivity contribution < 1.29 is 19.0 Å². The Morgan fingerprint density at radius 3 is 2.78 bits per heavy atom. The summed E-state index contributed by atoms with van der Waals surface area (Å²) in [4.78, 5) is 12.2. The molecule has 23 heavy (non-hydrogen) atoms. The summed E-state index contributed by atoms with van der Waals surface area (Å²) in [6, 6.07) is 4.52. The van der Waals surface area contributed by atoms with Crippen molar-refractivity contribution in [2.75, 3.05) is 6.61 Å². The maximum atomic E-state index is 14.1. The Balaban J connectivity index is 1.58. The van der Waals surface area contributed by atoms with Gasteiger partial charge >= 0.3 is 0 Å². The summed E-state index contributed by atoms with van der Waals surface area (Å²) >= 11 is 0. The second-order valence-corrected chi connectivity index (χ2v) is 6.78. The highest BCUT2D eigenvalue weighted by Crippen LogP contribution is 2.31. The third-order valence-corrected chi connectivity index (χ3v) is 4.80. The molecule has 0 saturated heterocycles. The second kappa shape index (κ2) is 6.87. The third-order valence-electron chi connectivity index (χ3n) is 4.80. The zero-order valence-corrected chi connectivity index (χ0v) is 13.4. The van der Waals surface area contributed by atoms with Crippen LogP contribution in [0.1, 0.15) is 50.6 Å². The fourth-order valence-corrected chi connectivity index (χ4v) is 3.05. The number of nitrogens with one attached hydrogen (secondary N) is 1. The van der Waals surface area contributed by atoms with Crippen molar-refractivity contribution in [3.8, 4) is 5.75 Å². The molecule has 1 aromatic rings. The number of amides is 1. The van der Waals surface area contributed by atoms with Crippen LogP contribution in [-0.2, 0) is 4.79 Å². The molecule has 2 aliphatic rings. The normalized spacial score (nSPS) is 25.2. The molecule has 5 heteroatoms. The van der Waals surface area contributed by atoms with Gasteiger partial charge in [-0.25, -0.2) is 4.39 Å². The summed E-state index contributed by atoms with van der Waals surface area (Å²) < 4.78 is 19.6.